The van der Waals surface area contributed by atoms with Crippen molar-refractivity contribution < 1.29 is 12.8 Å². The zero-order valence-electron chi connectivity index (χ0n) is 12.8. The molecule has 4 nitrogen and oxygen atoms in total. The molecule has 2 aromatic rings. The molecule has 1 N–H and O–H groups in total. The molecule has 0 unspecified atom stereocenters. The van der Waals surface area contributed by atoms with Crippen LogP contribution in [0.15, 0.2) is 47.4 Å². The van der Waals surface area contributed by atoms with E-state index in [-0.39, 0.29) is 11.4 Å². The number of halogens is 1. The van der Waals surface area contributed by atoms with Gasteiger partial charge in [0.15, 0.2) is 0 Å². The van der Waals surface area contributed by atoms with Gasteiger partial charge < -0.3 is 4.90 Å². The highest BCUT2D eigenvalue weighted by Gasteiger charge is 2.18. The van der Waals surface area contributed by atoms with Crippen LogP contribution in [0.4, 0.5) is 10.1 Å². The van der Waals surface area contributed by atoms with Crippen LogP contribution in [0.5, 0.6) is 0 Å². The van der Waals surface area contributed by atoms with Crippen LogP contribution in [0.25, 0.3) is 0 Å². The molecule has 22 heavy (non-hydrogen) atoms. The number of hydrogen-bond donors (Lipinski definition) is 1. The van der Waals surface area contributed by atoms with Crippen molar-refractivity contribution in [1.82, 2.24) is 4.72 Å². The average molecular weight is 322 g/mol. The van der Waals surface area contributed by atoms with Crippen molar-refractivity contribution in [3.63, 3.8) is 0 Å². The number of anilines is 1. The number of benzene rings is 2. The zero-order chi connectivity index (χ0) is 16.3. The van der Waals surface area contributed by atoms with Crippen LogP contribution >= 0.6 is 0 Å². The van der Waals surface area contributed by atoms with Gasteiger partial charge >= 0.3 is 0 Å². The predicted octanol–water partition coefficient (Wildman–Crippen LogP) is 2.68. The second kappa shape index (κ2) is 6.46. The standard InChI is InChI=1S/C16H19FN2O2S/c1-12-8-9-14(17)10-16(12)22(20,21)18-11-13-6-4-5-7-15(13)19(2)3/h4-10,18H,11H2,1-3H3. The highest BCUT2D eigenvalue weighted by molar-refractivity contribution is 7.89. The minimum Gasteiger partial charge on any atom is -0.377 e. The molecule has 6 heteroatoms. The lowest BCUT2D eigenvalue weighted by Crippen LogP contribution is -2.25. The number of nitrogens with zero attached hydrogens (tertiary/aromatic N) is 1. The molecule has 0 fully saturated rings. The molecule has 118 valence electrons. The third-order valence-electron chi connectivity index (χ3n) is 3.37. The minimum absolute atomic E-state index is 0.0326. The van der Waals surface area contributed by atoms with E-state index in [2.05, 4.69) is 4.72 Å². The molecule has 0 aromatic heterocycles. The monoisotopic (exact) mass is 322 g/mol. The van der Waals surface area contributed by atoms with E-state index in [9.17, 15) is 12.8 Å². The SMILES string of the molecule is Cc1ccc(F)cc1S(=O)(=O)NCc1ccccc1N(C)C. The molecular weight excluding hydrogens is 303 g/mol. The van der Waals surface area contributed by atoms with Crippen molar-refractivity contribution in [2.24, 2.45) is 0 Å². The summed E-state index contributed by atoms with van der Waals surface area (Å²) < 4.78 is 40.6. The van der Waals surface area contributed by atoms with Gasteiger partial charge in [-0.15, -0.1) is 0 Å². The molecule has 2 aromatic carbocycles. The van der Waals surface area contributed by atoms with Gasteiger partial charge in [0.2, 0.25) is 10.0 Å². The molecule has 0 saturated heterocycles. The van der Waals surface area contributed by atoms with Gasteiger partial charge in [-0.25, -0.2) is 17.5 Å². The van der Waals surface area contributed by atoms with Crippen molar-refractivity contribution in [2.45, 2.75) is 18.4 Å². The summed E-state index contributed by atoms with van der Waals surface area (Å²) >= 11 is 0. The molecule has 0 amide bonds. The fourth-order valence-corrected chi connectivity index (χ4v) is 3.47. The molecule has 0 aliphatic carbocycles. The molecule has 0 saturated carbocycles. The summed E-state index contributed by atoms with van der Waals surface area (Å²) in [6.45, 7) is 1.79. The third kappa shape index (κ3) is 3.64. The van der Waals surface area contributed by atoms with E-state index >= 15 is 0 Å². The van der Waals surface area contributed by atoms with Crippen molar-refractivity contribution in [1.29, 1.82) is 0 Å². The van der Waals surface area contributed by atoms with Crippen molar-refractivity contribution in [3.8, 4) is 0 Å². The minimum atomic E-state index is -3.76. The van der Waals surface area contributed by atoms with E-state index < -0.39 is 15.8 Å². The van der Waals surface area contributed by atoms with Crippen LogP contribution in [-0.2, 0) is 16.6 Å². The highest BCUT2D eigenvalue weighted by Crippen LogP contribution is 2.20. The first-order chi connectivity index (χ1) is 10.3. The summed E-state index contributed by atoms with van der Waals surface area (Å²) in [6.07, 6.45) is 0. The first kappa shape index (κ1) is 16.5. The number of nitrogens with one attached hydrogen (secondary N) is 1. The van der Waals surface area contributed by atoms with Crippen LogP contribution in [0.2, 0.25) is 0 Å². The first-order valence-electron chi connectivity index (χ1n) is 6.82. The Morgan fingerprint density at radius 2 is 1.82 bits per heavy atom. The van der Waals surface area contributed by atoms with Crippen LogP contribution in [-0.4, -0.2) is 22.5 Å². The molecule has 0 spiro atoms. The Morgan fingerprint density at radius 1 is 1.14 bits per heavy atom. The van der Waals surface area contributed by atoms with Gasteiger partial charge in [-0.2, -0.15) is 0 Å². The normalized spacial score (nSPS) is 11.5. The topological polar surface area (TPSA) is 49.4 Å². The summed E-state index contributed by atoms with van der Waals surface area (Å²) in [5.74, 6) is -0.570. The highest BCUT2D eigenvalue weighted by atomic mass is 32.2. The molecule has 0 heterocycles. The lowest BCUT2D eigenvalue weighted by atomic mass is 10.1. The fourth-order valence-electron chi connectivity index (χ4n) is 2.21. The van der Waals surface area contributed by atoms with E-state index in [0.29, 0.717) is 5.56 Å². The van der Waals surface area contributed by atoms with Crippen LogP contribution < -0.4 is 9.62 Å². The molecular formula is C16H19FN2O2S. The Kier molecular flexibility index (Phi) is 4.83. The van der Waals surface area contributed by atoms with Gasteiger partial charge in [-0.05, 0) is 36.2 Å². The van der Waals surface area contributed by atoms with E-state index in [1.165, 1.54) is 12.1 Å². The molecule has 0 aliphatic rings. The van der Waals surface area contributed by atoms with Crippen LogP contribution in [0.1, 0.15) is 11.1 Å². The van der Waals surface area contributed by atoms with Gasteiger partial charge in [0.1, 0.15) is 5.82 Å². The second-order valence-electron chi connectivity index (χ2n) is 5.26. The van der Waals surface area contributed by atoms with Crippen LogP contribution in [0.3, 0.4) is 0 Å². The second-order valence-corrected chi connectivity index (χ2v) is 6.99. The molecule has 0 bridgehead atoms. The van der Waals surface area contributed by atoms with Gasteiger partial charge in [0.05, 0.1) is 4.90 Å². The van der Waals surface area contributed by atoms with Crippen molar-refractivity contribution in [2.75, 3.05) is 19.0 Å². The van der Waals surface area contributed by atoms with Crippen molar-refractivity contribution >= 4 is 15.7 Å². The number of sulfonamides is 1. The predicted molar refractivity (Wildman–Crippen MR) is 85.9 cm³/mol. The maximum Gasteiger partial charge on any atom is 0.241 e. The van der Waals surface area contributed by atoms with E-state index in [1.54, 1.807) is 6.92 Å². The van der Waals surface area contributed by atoms with Crippen molar-refractivity contribution in [3.05, 3.63) is 59.4 Å². The number of aryl methyl sites for hydroxylation is 1. The maximum absolute atomic E-state index is 13.3. The number of hydrogen-bond acceptors (Lipinski definition) is 3. The van der Waals surface area contributed by atoms with Gasteiger partial charge in [-0.1, -0.05) is 24.3 Å². The summed E-state index contributed by atoms with van der Waals surface area (Å²) in [5, 5.41) is 0. The van der Waals surface area contributed by atoms with Gasteiger partial charge in [-0.3, -0.25) is 0 Å². The lowest BCUT2D eigenvalue weighted by Gasteiger charge is -2.18. The molecule has 0 aliphatic heterocycles. The van der Waals surface area contributed by atoms with E-state index in [1.807, 2.05) is 43.3 Å². The third-order valence-corrected chi connectivity index (χ3v) is 4.91. The zero-order valence-corrected chi connectivity index (χ0v) is 13.6. The number of para-hydroxylation sites is 1. The van der Waals surface area contributed by atoms with Crippen LogP contribution in [0, 0.1) is 12.7 Å². The molecule has 0 atom stereocenters. The molecule has 2 rings (SSSR count). The fraction of sp³-hybridized carbons (Fsp3) is 0.250. The lowest BCUT2D eigenvalue weighted by molar-refractivity contribution is 0.576. The Bertz CT molecular complexity index is 773. The Morgan fingerprint density at radius 3 is 2.50 bits per heavy atom. The quantitative estimate of drug-likeness (QED) is 0.921. The molecule has 0 radical (unpaired) electrons. The first-order valence-corrected chi connectivity index (χ1v) is 8.30. The average Bonchev–Trinajstić information content (AvgIpc) is 2.48. The number of rotatable bonds is 5. The summed E-state index contributed by atoms with van der Waals surface area (Å²) in [7, 11) is 0.0232. The summed E-state index contributed by atoms with van der Waals surface area (Å²) in [5.41, 5.74) is 2.29. The van der Waals surface area contributed by atoms with E-state index in [4.69, 9.17) is 0 Å². The van der Waals surface area contributed by atoms with Gasteiger partial charge in [0, 0.05) is 26.3 Å². The maximum atomic E-state index is 13.3. The van der Waals surface area contributed by atoms with E-state index in [0.717, 1.165) is 17.3 Å². The Balaban J connectivity index is 2.26. The summed E-state index contributed by atoms with van der Waals surface area (Å²) in [6, 6.07) is 11.3. The Hall–Kier alpha value is -1.92. The Labute approximate surface area is 130 Å². The van der Waals surface area contributed by atoms with Gasteiger partial charge in [0.25, 0.3) is 0 Å². The largest absolute Gasteiger partial charge is 0.377 e. The summed E-state index contributed by atoms with van der Waals surface area (Å²) in [4.78, 5) is 1.88. The smallest absolute Gasteiger partial charge is 0.241 e.